The lowest BCUT2D eigenvalue weighted by atomic mass is 10.2. The highest BCUT2D eigenvalue weighted by Gasteiger charge is 2.16. The highest BCUT2D eigenvalue weighted by molar-refractivity contribution is 5.49. The Balaban J connectivity index is 2.11. The van der Waals surface area contributed by atoms with Gasteiger partial charge in [0.05, 0.1) is 30.0 Å². The van der Waals surface area contributed by atoms with Gasteiger partial charge in [0.2, 0.25) is 0 Å². The Hall–Kier alpha value is -1.60. The van der Waals surface area contributed by atoms with E-state index in [2.05, 4.69) is 5.32 Å². The monoisotopic (exact) mass is 206 g/mol. The van der Waals surface area contributed by atoms with Gasteiger partial charge in [-0.2, -0.15) is 5.26 Å². The molecule has 1 aromatic carbocycles. The van der Waals surface area contributed by atoms with Crippen LogP contribution in [0.5, 0.6) is 0 Å². The third kappa shape index (κ3) is 2.25. The van der Waals surface area contributed by atoms with E-state index < -0.39 is 0 Å². The molecule has 0 amide bonds. The molecule has 0 saturated carbocycles. The fourth-order valence-corrected chi connectivity index (χ4v) is 1.57. The van der Waals surface area contributed by atoms with Crippen molar-refractivity contribution in [1.82, 2.24) is 0 Å². The molecule has 4 heteroatoms. The molecular weight excluding hydrogens is 195 g/mol. The van der Waals surface area contributed by atoms with E-state index in [-0.39, 0.29) is 11.9 Å². The Kier molecular flexibility index (Phi) is 2.84. The second-order valence-corrected chi connectivity index (χ2v) is 3.51. The van der Waals surface area contributed by atoms with E-state index in [1.165, 1.54) is 6.07 Å². The summed E-state index contributed by atoms with van der Waals surface area (Å²) in [6, 6.07) is 6.49. The summed E-state index contributed by atoms with van der Waals surface area (Å²) in [6.45, 7) is 1.33. The Morgan fingerprint density at radius 1 is 1.53 bits per heavy atom. The number of nitrogens with zero attached hydrogens (tertiary/aromatic N) is 1. The van der Waals surface area contributed by atoms with Crippen LogP contribution < -0.4 is 5.32 Å². The maximum atomic E-state index is 13.4. The molecule has 3 nitrogen and oxygen atoms in total. The maximum absolute atomic E-state index is 13.4. The Labute approximate surface area is 87.5 Å². The summed E-state index contributed by atoms with van der Waals surface area (Å²) < 4.78 is 18.6. The first-order chi connectivity index (χ1) is 7.29. The fourth-order valence-electron chi connectivity index (χ4n) is 1.57. The minimum atomic E-state index is -0.388. The summed E-state index contributed by atoms with van der Waals surface area (Å²) in [5.74, 6) is -0.388. The van der Waals surface area contributed by atoms with Crippen LogP contribution in [0.25, 0.3) is 0 Å². The Morgan fingerprint density at radius 3 is 3.00 bits per heavy atom. The molecule has 0 radical (unpaired) electrons. The van der Waals surface area contributed by atoms with E-state index in [4.69, 9.17) is 10.00 Å². The predicted molar refractivity (Wildman–Crippen MR) is 54.0 cm³/mol. The van der Waals surface area contributed by atoms with Crippen LogP contribution in [0.15, 0.2) is 18.2 Å². The van der Waals surface area contributed by atoms with Crippen LogP contribution in [0, 0.1) is 17.1 Å². The van der Waals surface area contributed by atoms with Gasteiger partial charge in [0.1, 0.15) is 5.82 Å². The molecule has 1 unspecified atom stereocenters. The van der Waals surface area contributed by atoms with Crippen LogP contribution in [0.4, 0.5) is 10.1 Å². The maximum Gasteiger partial charge on any atom is 0.147 e. The minimum Gasteiger partial charge on any atom is -0.379 e. The zero-order valence-corrected chi connectivity index (χ0v) is 8.16. The van der Waals surface area contributed by atoms with E-state index in [9.17, 15) is 4.39 Å². The summed E-state index contributed by atoms with van der Waals surface area (Å²) >= 11 is 0. The van der Waals surface area contributed by atoms with Gasteiger partial charge in [-0.05, 0) is 24.6 Å². The molecule has 2 rings (SSSR count). The van der Waals surface area contributed by atoms with Crippen molar-refractivity contribution in [2.45, 2.75) is 12.5 Å². The molecule has 0 aliphatic carbocycles. The minimum absolute atomic E-state index is 0.174. The van der Waals surface area contributed by atoms with Crippen molar-refractivity contribution in [2.24, 2.45) is 0 Å². The molecule has 15 heavy (non-hydrogen) atoms. The fraction of sp³-hybridized carbons (Fsp3) is 0.364. The largest absolute Gasteiger partial charge is 0.379 e. The Morgan fingerprint density at radius 2 is 2.40 bits per heavy atom. The van der Waals surface area contributed by atoms with Gasteiger partial charge in [0.15, 0.2) is 0 Å². The summed E-state index contributed by atoms with van der Waals surface area (Å²) in [5, 5.41) is 11.6. The van der Waals surface area contributed by atoms with Crippen molar-refractivity contribution in [3.8, 4) is 6.07 Å². The van der Waals surface area contributed by atoms with Crippen molar-refractivity contribution >= 4 is 5.69 Å². The number of hydrogen-bond donors (Lipinski definition) is 1. The molecular formula is C11H11FN2O. The van der Waals surface area contributed by atoms with Gasteiger partial charge in [0, 0.05) is 6.61 Å². The van der Waals surface area contributed by atoms with E-state index in [1.54, 1.807) is 12.1 Å². The summed E-state index contributed by atoms with van der Waals surface area (Å²) in [4.78, 5) is 0. The lowest BCUT2D eigenvalue weighted by molar-refractivity contribution is 0.195. The van der Waals surface area contributed by atoms with Gasteiger partial charge in [-0.1, -0.05) is 0 Å². The van der Waals surface area contributed by atoms with Gasteiger partial charge in [0.25, 0.3) is 0 Å². The molecule has 1 saturated heterocycles. The molecule has 1 N–H and O–H groups in total. The molecule has 1 heterocycles. The smallest absolute Gasteiger partial charge is 0.147 e. The lowest BCUT2D eigenvalue weighted by Crippen LogP contribution is -2.19. The van der Waals surface area contributed by atoms with Crippen molar-refractivity contribution in [2.75, 3.05) is 18.5 Å². The molecule has 78 valence electrons. The predicted octanol–water partition coefficient (Wildman–Crippen LogP) is 1.90. The number of hydrogen-bond acceptors (Lipinski definition) is 3. The van der Waals surface area contributed by atoms with Crippen LogP contribution in [0.2, 0.25) is 0 Å². The highest BCUT2D eigenvalue weighted by Crippen LogP contribution is 2.18. The van der Waals surface area contributed by atoms with Crippen LogP contribution in [0.1, 0.15) is 12.0 Å². The number of rotatable bonds is 2. The SMILES string of the molecule is N#Cc1ccc(NC2CCOC2)c(F)c1. The van der Waals surface area contributed by atoms with Gasteiger partial charge < -0.3 is 10.1 Å². The number of benzene rings is 1. The van der Waals surface area contributed by atoms with Gasteiger partial charge in [-0.25, -0.2) is 4.39 Å². The average molecular weight is 206 g/mol. The topological polar surface area (TPSA) is 45.0 Å². The molecule has 1 fully saturated rings. The molecule has 1 atom stereocenters. The van der Waals surface area contributed by atoms with Crippen molar-refractivity contribution in [1.29, 1.82) is 5.26 Å². The zero-order chi connectivity index (χ0) is 10.7. The third-order valence-corrected chi connectivity index (χ3v) is 2.39. The normalized spacial score (nSPS) is 19.9. The molecule has 1 aromatic rings. The summed E-state index contributed by atoms with van der Waals surface area (Å²) in [5.41, 5.74) is 0.769. The first-order valence-corrected chi connectivity index (χ1v) is 4.83. The second kappa shape index (κ2) is 4.28. The summed E-state index contributed by atoms with van der Waals surface area (Å²) in [6.07, 6.45) is 0.888. The lowest BCUT2D eigenvalue weighted by Gasteiger charge is -2.12. The zero-order valence-electron chi connectivity index (χ0n) is 8.16. The number of halogens is 1. The van der Waals surface area contributed by atoms with Crippen LogP contribution >= 0.6 is 0 Å². The quantitative estimate of drug-likeness (QED) is 0.803. The van der Waals surface area contributed by atoms with E-state index >= 15 is 0 Å². The number of anilines is 1. The number of ether oxygens (including phenoxy) is 1. The van der Waals surface area contributed by atoms with Crippen molar-refractivity contribution in [3.63, 3.8) is 0 Å². The standard InChI is InChI=1S/C11H11FN2O/c12-10-5-8(6-13)1-2-11(10)14-9-3-4-15-7-9/h1-2,5,9,14H,3-4,7H2. The number of nitriles is 1. The second-order valence-electron chi connectivity index (χ2n) is 3.51. The van der Waals surface area contributed by atoms with E-state index in [0.29, 0.717) is 17.9 Å². The first-order valence-electron chi connectivity index (χ1n) is 4.83. The Bertz CT molecular complexity index is 394. The van der Waals surface area contributed by atoms with Crippen LogP contribution in [-0.4, -0.2) is 19.3 Å². The van der Waals surface area contributed by atoms with E-state index in [1.807, 2.05) is 6.07 Å². The summed E-state index contributed by atoms with van der Waals surface area (Å²) in [7, 11) is 0. The highest BCUT2D eigenvalue weighted by atomic mass is 19.1. The molecule has 1 aliphatic heterocycles. The molecule has 0 bridgehead atoms. The average Bonchev–Trinajstić information content (AvgIpc) is 2.74. The van der Waals surface area contributed by atoms with Crippen LogP contribution in [-0.2, 0) is 4.74 Å². The number of nitrogens with one attached hydrogen (secondary N) is 1. The molecule has 1 aliphatic rings. The van der Waals surface area contributed by atoms with Gasteiger partial charge in [-0.3, -0.25) is 0 Å². The van der Waals surface area contributed by atoms with Crippen molar-refractivity contribution < 1.29 is 9.13 Å². The van der Waals surface area contributed by atoms with Crippen molar-refractivity contribution in [3.05, 3.63) is 29.6 Å². The van der Waals surface area contributed by atoms with Gasteiger partial charge in [-0.15, -0.1) is 0 Å². The molecule has 0 spiro atoms. The first kappa shape index (κ1) is 9.94. The van der Waals surface area contributed by atoms with Gasteiger partial charge >= 0.3 is 0 Å². The van der Waals surface area contributed by atoms with Crippen LogP contribution in [0.3, 0.4) is 0 Å². The van der Waals surface area contributed by atoms with E-state index in [0.717, 1.165) is 13.0 Å². The molecule has 0 aromatic heterocycles. The third-order valence-electron chi connectivity index (χ3n) is 2.39.